The summed E-state index contributed by atoms with van der Waals surface area (Å²) in [6, 6.07) is 25.2. The molecule has 1 N–H and O–H groups in total. The lowest BCUT2D eigenvalue weighted by Crippen LogP contribution is -2.54. The number of carbonyl (C=O) groups is 5. The highest BCUT2D eigenvalue weighted by molar-refractivity contribution is 5.93. The molecule has 0 radical (unpaired) electrons. The van der Waals surface area contributed by atoms with Crippen molar-refractivity contribution in [1.29, 1.82) is 0 Å². The molecule has 0 amide bonds. The number of esters is 3. The van der Waals surface area contributed by atoms with Gasteiger partial charge in [0, 0.05) is 30.8 Å². The van der Waals surface area contributed by atoms with Crippen molar-refractivity contribution in [3.63, 3.8) is 0 Å². The SMILES string of the molecule is C[C@@H](CCC(=O)[C@@H](C)C1C(=O)CC2C3CCC4CC(O)CCC4(C)C3CCC21C)CO[C@H]1C=C(OC(=O)c2ccccc2)[C@H](OC(=O)c2ccccc2)C(COC(=O)c2ccccc2)O1. The molecule has 1 aliphatic heterocycles. The third-order valence-corrected chi connectivity index (χ3v) is 16.1. The number of ketones is 2. The minimum Gasteiger partial charge on any atom is -0.459 e. The van der Waals surface area contributed by atoms with E-state index >= 15 is 0 Å². The summed E-state index contributed by atoms with van der Waals surface area (Å²) in [5, 5.41) is 10.5. The summed E-state index contributed by atoms with van der Waals surface area (Å²) in [6.45, 7) is 8.47. The quantitative estimate of drug-likeness (QED) is 0.115. The molecule has 9 unspecified atom stereocenters. The Bertz CT molecular complexity index is 2210. The Morgan fingerprint density at radius 3 is 2.05 bits per heavy atom. The molecule has 11 nitrogen and oxygen atoms in total. The molecular formula is C54H64O11. The van der Waals surface area contributed by atoms with E-state index in [4.69, 9.17) is 23.7 Å². The number of hydrogen-bond donors (Lipinski definition) is 1. The van der Waals surface area contributed by atoms with E-state index in [0.29, 0.717) is 48.5 Å². The van der Waals surface area contributed by atoms with Crippen LogP contribution in [0.15, 0.2) is 103 Å². The number of fused-ring (bicyclic) bond motifs is 5. The van der Waals surface area contributed by atoms with Crippen LogP contribution in [-0.2, 0) is 33.3 Å². The van der Waals surface area contributed by atoms with Gasteiger partial charge < -0.3 is 28.8 Å². The van der Waals surface area contributed by atoms with Crippen molar-refractivity contribution < 1.29 is 52.8 Å². The second-order valence-electron chi connectivity index (χ2n) is 20.0. The van der Waals surface area contributed by atoms with Crippen LogP contribution in [0.5, 0.6) is 0 Å². The van der Waals surface area contributed by atoms with Gasteiger partial charge in [0.05, 0.1) is 29.4 Å². The van der Waals surface area contributed by atoms with Crippen LogP contribution in [0.25, 0.3) is 0 Å². The van der Waals surface area contributed by atoms with E-state index < -0.39 is 36.4 Å². The maximum absolute atomic E-state index is 14.0. The Hall–Kier alpha value is -4.97. The summed E-state index contributed by atoms with van der Waals surface area (Å²) < 4.78 is 30.1. The molecule has 3 aromatic carbocycles. The standard InChI is InChI=1S/C54H64O11/c1-33(20-23-43(56)34(2)48-44(57)29-42-40-22-21-38-28-39(55)24-26-53(38,3)41(40)25-27-54(42,48)4)31-61-47-30-45(64-51(59)36-16-10-6-11-17-36)49(65-52(60)37-18-12-7-13-19-37)46(63-47)32-62-50(58)35-14-8-5-9-15-35/h5-19,30,33-34,38-42,46-49,55H,20-29,31-32H2,1-4H3/t33-,34+,38?,39?,40?,41?,42?,46?,47+,48?,49-,53?,54?/m0/s1. The lowest BCUT2D eigenvalue weighted by atomic mass is 9.44. The van der Waals surface area contributed by atoms with Crippen LogP contribution in [0, 0.1) is 52.3 Å². The molecule has 13 atom stereocenters. The first-order chi connectivity index (χ1) is 31.2. The number of rotatable bonds is 15. The van der Waals surface area contributed by atoms with Crippen molar-refractivity contribution in [3.8, 4) is 0 Å². The number of hydrogen-bond acceptors (Lipinski definition) is 11. The third-order valence-electron chi connectivity index (χ3n) is 16.1. The van der Waals surface area contributed by atoms with E-state index in [2.05, 4.69) is 13.8 Å². The van der Waals surface area contributed by atoms with E-state index in [-0.39, 0.29) is 76.4 Å². The van der Waals surface area contributed by atoms with Crippen LogP contribution in [-0.4, -0.2) is 72.4 Å². The first-order valence-corrected chi connectivity index (χ1v) is 23.7. The monoisotopic (exact) mass is 888 g/mol. The van der Waals surface area contributed by atoms with Crippen LogP contribution in [0.3, 0.4) is 0 Å². The van der Waals surface area contributed by atoms with E-state index in [0.717, 1.165) is 44.9 Å². The molecule has 1 heterocycles. The van der Waals surface area contributed by atoms with Gasteiger partial charge in [-0.25, -0.2) is 14.4 Å². The van der Waals surface area contributed by atoms with Crippen molar-refractivity contribution >= 4 is 29.5 Å². The second-order valence-corrected chi connectivity index (χ2v) is 20.0. The molecule has 5 aliphatic rings. The number of aliphatic hydroxyl groups is 1. The van der Waals surface area contributed by atoms with Crippen molar-refractivity contribution in [2.45, 2.75) is 117 Å². The number of Topliss-reactive ketones (excluding diaryl/α,β-unsaturated/α-hetero) is 2. The van der Waals surface area contributed by atoms with Crippen molar-refractivity contribution in [3.05, 3.63) is 120 Å². The maximum Gasteiger partial charge on any atom is 0.343 e. The topological polar surface area (TPSA) is 152 Å². The van der Waals surface area contributed by atoms with Crippen LogP contribution in [0.2, 0.25) is 0 Å². The lowest BCUT2D eigenvalue weighted by molar-refractivity contribution is -0.194. The van der Waals surface area contributed by atoms with E-state index in [1.165, 1.54) is 6.08 Å². The molecule has 3 aromatic rings. The van der Waals surface area contributed by atoms with Crippen LogP contribution in [0.1, 0.15) is 123 Å². The summed E-state index contributed by atoms with van der Waals surface area (Å²) in [5.41, 5.74) is 0.849. The van der Waals surface area contributed by atoms with E-state index in [1.54, 1.807) is 91.0 Å². The summed E-state index contributed by atoms with van der Waals surface area (Å²) >= 11 is 0. The molecule has 4 saturated carbocycles. The van der Waals surface area contributed by atoms with Crippen molar-refractivity contribution in [1.82, 2.24) is 0 Å². The van der Waals surface area contributed by atoms with Crippen molar-refractivity contribution in [2.24, 2.45) is 52.3 Å². The number of benzene rings is 3. The smallest absolute Gasteiger partial charge is 0.343 e. The highest BCUT2D eigenvalue weighted by Crippen LogP contribution is 2.67. The fourth-order valence-electron chi connectivity index (χ4n) is 12.5. The lowest BCUT2D eigenvalue weighted by Gasteiger charge is -2.61. The van der Waals surface area contributed by atoms with Crippen LogP contribution < -0.4 is 0 Å². The largest absolute Gasteiger partial charge is 0.459 e. The minimum absolute atomic E-state index is 0.0430. The van der Waals surface area contributed by atoms with Gasteiger partial charge in [-0.3, -0.25) is 9.59 Å². The molecule has 11 heteroatoms. The Morgan fingerprint density at radius 2 is 1.38 bits per heavy atom. The Kier molecular flexibility index (Phi) is 14.2. The van der Waals surface area contributed by atoms with Gasteiger partial charge >= 0.3 is 17.9 Å². The molecule has 4 aliphatic carbocycles. The fraction of sp³-hybridized carbons (Fsp3) is 0.537. The fourth-order valence-corrected chi connectivity index (χ4v) is 12.5. The average molecular weight is 889 g/mol. The zero-order chi connectivity index (χ0) is 45.9. The highest BCUT2D eigenvalue weighted by Gasteiger charge is 2.63. The van der Waals surface area contributed by atoms with Gasteiger partial charge in [-0.05, 0) is 128 Å². The second kappa shape index (κ2) is 19.9. The molecule has 8 rings (SSSR count). The van der Waals surface area contributed by atoms with Crippen LogP contribution >= 0.6 is 0 Å². The van der Waals surface area contributed by atoms with Gasteiger partial charge in [0.1, 0.15) is 24.3 Å². The number of aliphatic hydroxyl groups excluding tert-OH is 1. The van der Waals surface area contributed by atoms with Gasteiger partial charge in [-0.15, -0.1) is 0 Å². The molecule has 0 saturated heterocycles. The Morgan fingerprint density at radius 1 is 0.769 bits per heavy atom. The zero-order valence-electron chi connectivity index (χ0n) is 38.1. The van der Waals surface area contributed by atoms with Gasteiger partial charge in [-0.1, -0.05) is 82.3 Å². The summed E-state index contributed by atoms with van der Waals surface area (Å²) in [4.78, 5) is 68.0. The Balaban J connectivity index is 0.929. The Labute approximate surface area is 382 Å². The van der Waals surface area contributed by atoms with Gasteiger partial charge in [0.2, 0.25) is 0 Å². The molecule has 346 valence electrons. The van der Waals surface area contributed by atoms with Gasteiger partial charge in [0.15, 0.2) is 18.2 Å². The molecule has 4 fully saturated rings. The molecule has 65 heavy (non-hydrogen) atoms. The minimum atomic E-state index is -1.30. The molecule has 0 spiro atoms. The summed E-state index contributed by atoms with van der Waals surface area (Å²) in [7, 11) is 0. The maximum atomic E-state index is 14.0. The number of ether oxygens (including phenoxy) is 5. The predicted molar refractivity (Wildman–Crippen MR) is 241 cm³/mol. The predicted octanol–water partition coefficient (Wildman–Crippen LogP) is 9.37. The van der Waals surface area contributed by atoms with Gasteiger partial charge in [-0.2, -0.15) is 0 Å². The molecular weight excluding hydrogens is 825 g/mol. The van der Waals surface area contributed by atoms with E-state index in [9.17, 15) is 29.1 Å². The normalized spacial score (nSPS) is 32.7. The molecule has 0 aromatic heterocycles. The van der Waals surface area contributed by atoms with Crippen LogP contribution in [0.4, 0.5) is 0 Å². The highest BCUT2D eigenvalue weighted by atomic mass is 16.7. The summed E-state index contributed by atoms with van der Waals surface area (Å²) in [5.74, 6) is -0.637. The van der Waals surface area contributed by atoms with E-state index in [1.807, 2.05) is 13.8 Å². The zero-order valence-corrected chi connectivity index (χ0v) is 38.1. The average Bonchev–Trinajstić information content (AvgIpc) is 3.60. The third kappa shape index (κ3) is 9.93. The number of carbonyl (C=O) groups excluding carboxylic acids is 5. The first kappa shape index (κ1) is 46.6. The van der Waals surface area contributed by atoms with Gasteiger partial charge in [0.25, 0.3) is 0 Å². The molecule has 0 bridgehead atoms. The summed E-state index contributed by atoms with van der Waals surface area (Å²) in [6.07, 6.45) is 6.15. The van der Waals surface area contributed by atoms with Crippen molar-refractivity contribution in [2.75, 3.05) is 13.2 Å². The first-order valence-electron chi connectivity index (χ1n) is 23.7.